The third-order valence-corrected chi connectivity index (χ3v) is 5.21. The normalized spacial score (nSPS) is 25.0. The van der Waals surface area contributed by atoms with Crippen LogP contribution >= 0.6 is 0 Å². The van der Waals surface area contributed by atoms with E-state index >= 15 is 0 Å². The monoisotopic (exact) mass is 328 g/mol. The van der Waals surface area contributed by atoms with Crippen LogP contribution in [0.25, 0.3) is 0 Å². The first-order valence-corrected chi connectivity index (χ1v) is 7.89. The van der Waals surface area contributed by atoms with Crippen LogP contribution in [-0.2, 0) is 10.2 Å². The maximum atomic E-state index is 12.2. The Morgan fingerprint density at radius 3 is 2.26 bits per heavy atom. The van der Waals surface area contributed by atoms with Gasteiger partial charge in [-0.3, -0.25) is 4.79 Å². The molecule has 1 aromatic rings. The Morgan fingerprint density at radius 1 is 1.17 bits per heavy atom. The van der Waals surface area contributed by atoms with Gasteiger partial charge in [-0.1, -0.05) is 18.6 Å². The Kier molecular flexibility index (Phi) is 4.12. The molecule has 2 saturated carbocycles. The maximum Gasteiger partial charge on any atom is 0.573 e. The van der Waals surface area contributed by atoms with Crippen molar-refractivity contribution < 1.29 is 27.8 Å². The predicted molar refractivity (Wildman–Crippen MR) is 77.0 cm³/mol. The number of carbonyl (C=O) groups is 1. The van der Waals surface area contributed by atoms with Crippen molar-refractivity contribution in [2.45, 2.75) is 56.4 Å². The molecular formula is C17H19F3O3. The lowest BCUT2D eigenvalue weighted by Crippen LogP contribution is -2.50. The van der Waals surface area contributed by atoms with Crippen molar-refractivity contribution in [1.82, 2.24) is 0 Å². The topological polar surface area (TPSA) is 46.5 Å². The smallest absolute Gasteiger partial charge is 0.406 e. The van der Waals surface area contributed by atoms with Crippen LogP contribution in [0.2, 0.25) is 0 Å². The Balaban J connectivity index is 1.81. The number of ketones is 1. The number of Topliss-reactive ketones (excluding diaryl/α,β-unsaturated/α-hetero) is 1. The van der Waals surface area contributed by atoms with Gasteiger partial charge in [-0.05, 0) is 43.4 Å². The van der Waals surface area contributed by atoms with Crippen LogP contribution in [-0.4, -0.2) is 23.4 Å². The number of hydrogen-bond acceptors (Lipinski definition) is 3. The fourth-order valence-corrected chi connectivity index (χ4v) is 3.86. The van der Waals surface area contributed by atoms with Crippen molar-refractivity contribution in [3.8, 4) is 5.75 Å². The summed E-state index contributed by atoms with van der Waals surface area (Å²) in [6.07, 6.45) is -1.04. The van der Waals surface area contributed by atoms with Gasteiger partial charge >= 0.3 is 6.36 Å². The fourth-order valence-electron chi connectivity index (χ4n) is 3.86. The van der Waals surface area contributed by atoms with Gasteiger partial charge in [0.1, 0.15) is 11.5 Å². The minimum absolute atomic E-state index is 0.0980. The molecule has 0 spiro atoms. The predicted octanol–water partition coefficient (Wildman–Crippen LogP) is 3.74. The summed E-state index contributed by atoms with van der Waals surface area (Å²) in [4.78, 5) is 11.9. The number of aliphatic hydroxyl groups is 1. The molecule has 0 radical (unpaired) electrons. The van der Waals surface area contributed by atoms with Crippen molar-refractivity contribution >= 4 is 5.78 Å². The van der Waals surface area contributed by atoms with E-state index in [-0.39, 0.29) is 17.5 Å². The molecule has 3 rings (SSSR count). The molecule has 3 nitrogen and oxygen atoms in total. The second-order valence-electron chi connectivity index (χ2n) is 6.49. The van der Waals surface area contributed by atoms with E-state index in [2.05, 4.69) is 4.74 Å². The van der Waals surface area contributed by atoms with E-state index in [0.717, 1.165) is 31.2 Å². The lowest BCUT2D eigenvalue weighted by atomic mass is 9.58. The summed E-state index contributed by atoms with van der Waals surface area (Å²) in [6.45, 7) is 0. The molecule has 1 aromatic carbocycles. The number of alkyl halides is 3. The summed E-state index contributed by atoms with van der Waals surface area (Å²) in [5.41, 5.74) is 0.270. The third-order valence-electron chi connectivity index (χ3n) is 5.21. The van der Waals surface area contributed by atoms with Crippen LogP contribution in [0.15, 0.2) is 24.3 Å². The lowest BCUT2D eigenvalue weighted by molar-refractivity contribution is -0.274. The first kappa shape index (κ1) is 16.3. The number of halogens is 3. The molecular weight excluding hydrogens is 309 g/mol. The lowest BCUT2D eigenvalue weighted by Gasteiger charge is -2.47. The Morgan fingerprint density at radius 2 is 1.83 bits per heavy atom. The molecule has 0 aromatic heterocycles. The quantitative estimate of drug-likeness (QED) is 0.916. The van der Waals surface area contributed by atoms with Gasteiger partial charge in [-0.15, -0.1) is 13.2 Å². The van der Waals surface area contributed by atoms with Crippen molar-refractivity contribution in [2.24, 2.45) is 5.92 Å². The van der Waals surface area contributed by atoms with Gasteiger partial charge in [0.15, 0.2) is 0 Å². The second-order valence-corrected chi connectivity index (χ2v) is 6.49. The highest BCUT2D eigenvalue weighted by Gasteiger charge is 2.50. The van der Waals surface area contributed by atoms with Crippen LogP contribution in [0.1, 0.15) is 44.1 Å². The van der Waals surface area contributed by atoms with Gasteiger partial charge in [0.05, 0.1) is 6.10 Å². The molecule has 126 valence electrons. The van der Waals surface area contributed by atoms with Crippen LogP contribution < -0.4 is 4.74 Å². The van der Waals surface area contributed by atoms with Gasteiger partial charge < -0.3 is 9.84 Å². The first-order valence-electron chi connectivity index (χ1n) is 7.89. The summed E-state index contributed by atoms with van der Waals surface area (Å²) >= 11 is 0. The van der Waals surface area contributed by atoms with E-state index in [1.807, 2.05) is 0 Å². The molecule has 23 heavy (non-hydrogen) atoms. The van der Waals surface area contributed by atoms with Gasteiger partial charge in [0, 0.05) is 17.8 Å². The van der Waals surface area contributed by atoms with E-state index in [1.54, 1.807) is 12.1 Å². The van der Waals surface area contributed by atoms with E-state index in [0.29, 0.717) is 12.8 Å². The van der Waals surface area contributed by atoms with Crippen LogP contribution in [0.4, 0.5) is 13.2 Å². The minimum atomic E-state index is -4.72. The molecule has 1 N–H and O–H groups in total. The molecule has 2 aliphatic rings. The van der Waals surface area contributed by atoms with E-state index in [4.69, 9.17) is 0 Å². The van der Waals surface area contributed by atoms with Crippen LogP contribution in [0.3, 0.4) is 0 Å². The zero-order valence-electron chi connectivity index (χ0n) is 12.6. The number of hydrogen-bond donors (Lipinski definition) is 1. The molecule has 2 atom stereocenters. The van der Waals surface area contributed by atoms with Crippen molar-refractivity contribution in [3.05, 3.63) is 29.8 Å². The summed E-state index contributed by atoms with van der Waals surface area (Å²) in [6, 6.07) is 5.68. The van der Waals surface area contributed by atoms with E-state index in [9.17, 15) is 23.1 Å². The molecule has 0 saturated heterocycles. The van der Waals surface area contributed by atoms with Gasteiger partial charge in [-0.2, -0.15) is 0 Å². The highest BCUT2D eigenvalue weighted by Crippen LogP contribution is 2.50. The zero-order valence-corrected chi connectivity index (χ0v) is 12.6. The molecule has 2 aliphatic carbocycles. The molecule has 6 heteroatoms. The molecule has 0 amide bonds. The van der Waals surface area contributed by atoms with Crippen LogP contribution in [0, 0.1) is 5.92 Å². The molecule has 0 bridgehead atoms. The van der Waals surface area contributed by atoms with Gasteiger partial charge in [0.25, 0.3) is 0 Å². The number of benzene rings is 1. The van der Waals surface area contributed by atoms with Crippen molar-refractivity contribution in [2.75, 3.05) is 0 Å². The largest absolute Gasteiger partial charge is 0.573 e. The van der Waals surface area contributed by atoms with E-state index in [1.165, 1.54) is 12.1 Å². The molecule has 2 fully saturated rings. The summed E-state index contributed by atoms with van der Waals surface area (Å²) in [5, 5.41) is 10.8. The number of ether oxygens (including phenoxy) is 1. The van der Waals surface area contributed by atoms with Crippen molar-refractivity contribution in [3.63, 3.8) is 0 Å². The van der Waals surface area contributed by atoms with E-state index < -0.39 is 17.9 Å². The highest BCUT2D eigenvalue weighted by atomic mass is 19.4. The minimum Gasteiger partial charge on any atom is -0.406 e. The number of rotatable bonds is 4. The Labute approximate surface area is 132 Å². The average molecular weight is 328 g/mol. The van der Waals surface area contributed by atoms with Crippen molar-refractivity contribution in [1.29, 1.82) is 0 Å². The molecule has 0 heterocycles. The molecule has 1 unspecified atom stereocenters. The second kappa shape index (κ2) is 5.82. The molecule has 0 aliphatic heterocycles. The fraction of sp³-hybridized carbons (Fsp3) is 0.588. The highest BCUT2D eigenvalue weighted by molar-refractivity contribution is 5.83. The van der Waals surface area contributed by atoms with Gasteiger partial charge in [-0.25, -0.2) is 0 Å². The number of carbonyl (C=O) groups excluding carboxylic acids is 1. The van der Waals surface area contributed by atoms with Gasteiger partial charge in [0.2, 0.25) is 0 Å². The zero-order chi connectivity index (χ0) is 16.7. The summed E-state index contributed by atoms with van der Waals surface area (Å²) in [5.74, 6) is -0.524. The third kappa shape index (κ3) is 3.09. The summed E-state index contributed by atoms with van der Waals surface area (Å²) < 4.78 is 40.6. The average Bonchev–Trinajstić information content (AvgIpc) is 2.84. The Hall–Kier alpha value is -1.56. The maximum absolute atomic E-state index is 12.2. The Bertz CT molecular complexity index is 576. The first-order chi connectivity index (χ1) is 10.8. The van der Waals surface area contributed by atoms with Crippen LogP contribution in [0.5, 0.6) is 5.75 Å². The SMILES string of the molecule is O=C1CCC[C@H]1C(O)C1(c2ccc(OC(F)(F)F)cc2)CCC1. The summed E-state index contributed by atoms with van der Waals surface area (Å²) in [7, 11) is 0. The standard InChI is InChI=1S/C17H19F3O3/c18-17(19,20)23-12-7-5-11(6-8-12)16(9-2-10-16)15(22)13-3-1-4-14(13)21/h5-8,13,15,22H,1-4,9-10H2/t13-,15?/m1/s1. The number of aliphatic hydroxyl groups excluding tert-OH is 1.